The van der Waals surface area contributed by atoms with E-state index in [4.69, 9.17) is 14.2 Å². The van der Waals surface area contributed by atoms with E-state index in [0.717, 1.165) is 6.42 Å². The van der Waals surface area contributed by atoms with Gasteiger partial charge in [-0.3, -0.25) is 14.4 Å². The number of esters is 1. The van der Waals surface area contributed by atoms with Crippen LogP contribution in [0.1, 0.15) is 16.8 Å². The van der Waals surface area contributed by atoms with Crippen molar-refractivity contribution in [2.24, 2.45) is 23.7 Å². The van der Waals surface area contributed by atoms with Gasteiger partial charge in [-0.2, -0.15) is 0 Å². The molecule has 180 valence electrons. The number of anilines is 2. The average Bonchev–Trinajstić information content (AvgIpc) is 3.56. The lowest BCUT2D eigenvalue weighted by molar-refractivity contribution is -0.123. The fourth-order valence-electron chi connectivity index (χ4n) is 5.24. The number of hydrogen-bond donors (Lipinski definition) is 1. The van der Waals surface area contributed by atoms with Gasteiger partial charge in [-0.1, -0.05) is 18.2 Å². The number of amides is 3. The van der Waals surface area contributed by atoms with E-state index in [1.807, 2.05) is 12.2 Å². The summed E-state index contributed by atoms with van der Waals surface area (Å²) in [6.07, 6.45) is 4.90. The third kappa shape index (κ3) is 3.92. The molecule has 1 N–H and O–H groups in total. The van der Waals surface area contributed by atoms with Crippen LogP contribution < -0.4 is 19.7 Å². The smallest absolute Gasteiger partial charge is 0.338 e. The van der Waals surface area contributed by atoms with Gasteiger partial charge in [0.1, 0.15) is 11.5 Å². The molecular formula is C26H24N2O7. The van der Waals surface area contributed by atoms with E-state index >= 15 is 0 Å². The molecule has 2 fully saturated rings. The molecule has 0 aromatic heterocycles. The number of nitrogens with zero attached hydrogens (tertiary/aromatic N) is 1. The fraction of sp³-hybridized carbons (Fsp3) is 0.308. The van der Waals surface area contributed by atoms with Crippen molar-refractivity contribution in [3.63, 3.8) is 0 Å². The molecule has 1 saturated heterocycles. The van der Waals surface area contributed by atoms with Crippen LogP contribution in [0, 0.1) is 23.7 Å². The first-order valence-electron chi connectivity index (χ1n) is 11.3. The summed E-state index contributed by atoms with van der Waals surface area (Å²) in [5.74, 6) is -1.29. The van der Waals surface area contributed by atoms with Crippen molar-refractivity contribution in [3.8, 4) is 11.5 Å². The highest BCUT2D eigenvalue weighted by Gasteiger charge is 2.59. The molecule has 0 spiro atoms. The summed E-state index contributed by atoms with van der Waals surface area (Å²) in [5, 5.41) is 2.62. The number of allylic oxidation sites excluding steroid dienone is 2. The summed E-state index contributed by atoms with van der Waals surface area (Å²) in [5.41, 5.74) is 0.830. The molecule has 2 aromatic carbocycles. The minimum atomic E-state index is -0.749. The second kappa shape index (κ2) is 8.90. The highest BCUT2D eigenvalue weighted by molar-refractivity contribution is 6.23. The zero-order chi connectivity index (χ0) is 24.7. The molecule has 35 heavy (non-hydrogen) atoms. The molecule has 9 nitrogen and oxygen atoms in total. The molecule has 0 radical (unpaired) electrons. The molecule has 4 atom stereocenters. The zero-order valence-corrected chi connectivity index (χ0v) is 19.2. The van der Waals surface area contributed by atoms with Gasteiger partial charge in [-0.15, -0.1) is 0 Å². The molecule has 1 saturated carbocycles. The average molecular weight is 476 g/mol. The Balaban J connectivity index is 1.24. The van der Waals surface area contributed by atoms with Crippen molar-refractivity contribution in [1.82, 2.24) is 0 Å². The van der Waals surface area contributed by atoms with Crippen LogP contribution in [0.15, 0.2) is 54.6 Å². The van der Waals surface area contributed by atoms with E-state index in [1.165, 1.54) is 31.3 Å². The SMILES string of the molecule is COc1ccc(OC)c(NC(=O)COC(=O)c2cccc(N3C(=O)[C@@H]4[C@H](C3=O)[C@H]3C=C[C@H]4C3)c2)c1. The molecule has 1 aliphatic heterocycles. The first-order chi connectivity index (χ1) is 16.9. The number of methoxy groups -OCH3 is 2. The van der Waals surface area contributed by atoms with Gasteiger partial charge in [-0.05, 0) is 48.6 Å². The molecule has 3 aliphatic rings. The Hall–Kier alpha value is -4.14. The Morgan fingerprint density at radius 2 is 1.69 bits per heavy atom. The molecule has 0 unspecified atom stereocenters. The van der Waals surface area contributed by atoms with Crippen LogP contribution in [-0.2, 0) is 19.1 Å². The molecule has 2 aliphatic carbocycles. The highest BCUT2D eigenvalue weighted by atomic mass is 16.5. The highest BCUT2D eigenvalue weighted by Crippen LogP contribution is 2.53. The lowest BCUT2D eigenvalue weighted by atomic mass is 9.85. The first kappa shape index (κ1) is 22.6. The van der Waals surface area contributed by atoms with Crippen LogP contribution in [0.3, 0.4) is 0 Å². The predicted molar refractivity (Wildman–Crippen MR) is 125 cm³/mol. The number of ether oxygens (including phenoxy) is 3. The normalized spacial score (nSPS) is 23.9. The summed E-state index contributed by atoms with van der Waals surface area (Å²) in [4.78, 5) is 52.2. The summed E-state index contributed by atoms with van der Waals surface area (Å²) in [7, 11) is 2.97. The van der Waals surface area contributed by atoms with Gasteiger partial charge in [0.2, 0.25) is 11.8 Å². The molecule has 3 amide bonds. The Morgan fingerprint density at radius 1 is 0.971 bits per heavy atom. The van der Waals surface area contributed by atoms with E-state index in [1.54, 1.807) is 30.3 Å². The van der Waals surface area contributed by atoms with Crippen LogP contribution in [0.4, 0.5) is 11.4 Å². The second-order valence-electron chi connectivity index (χ2n) is 8.75. The number of rotatable bonds is 7. The molecular weight excluding hydrogens is 452 g/mol. The lowest BCUT2D eigenvalue weighted by Crippen LogP contribution is -2.33. The number of fused-ring (bicyclic) bond motifs is 5. The number of imide groups is 1. The first-order valence-corrected chi connectivity index (χ1v) is 11.3. The van der Waals surface area contributed by atoms with E-state index in [2.05, 4.69) is 5.32 Å². The molecule has 2 bridgehead atoms. The van der Waals surface area contributed by atoms with E-state index in [9.17, 15) is 19.2 Å². The van der Waals surface area contributed by atoms with Gasteiger partial charge in [0.25, 0.3) is 5.91 Å². The van der Waals surface area contributed by atoms with Crippen LogP contribution in [0.2, 0.25) is 0 Å². The zero-order valence-electron chi connectivity index (χ0n) is 19.2. The molecule has 1 heterocycles. The Morgan fingerprint density at radius 3 is 2.34 bits per heavy atom. The van der Waals surface area contributed by atoms with Crippen molar-refractivity contribution in [1.29, 1.82) is 0 Å². The summed E-state index contributed by atoms with van der Waals surface area (Å²) in [6.45, 7) is -0.538. The maximum Gasteiger partial charge on any atom is 0.338 e. The maximum absolute atomic E-state index is 13.0. The topological polar surface area (TPSA) is 111 Å². The number of carbonyl (C=O) groups excluding carboxylic acids is 4. The van der Waals surface area contributed by atoms with Gasteiger partial charge in [0.05, 0.1) is 43.0 Å². The number of benzene rings is 2. The van der Waals surface area contributed by atoms with Crippen molar-refractivity contribution in [3.05, 3.63) is 60.2 Å². The summed E-state index contributed by atoms with van der Waals surface area (Å²) < 4.78 is 15.5. The second-order valence-corrected chi connectivity index (χ2v) is 8.75. The van der Waals surface area contributed by atoms with Crippen LogP contribution >= 0.6 is 0 Å². The van der Waals surface area contributed by atoms with Gasteiger partial charge in [0.15, 0.2) is 6.61 Å². The molecule has 2 aromatic rings. The summed E-state index contributed by atoms with van der Waals surface area (Å²) in [6, 6.07) is 11.1. The van der Waals surface area contributed by atoms with Crippen molar-refractivity contribution in [2.75, 3.05) is 31.0 Å². The van der Waals surface area contributed by atoms with E-state index < -0.39 is 18.5 Å². The fourth-order valence-corrected chi connectivity index (χ4v) is 5.24. The summed E-state index contributed by atoms with van der Waals surface area (Å²) >= 11 is 0. The van der Waals surface area contributed by atoms with Crippen molar-refractivity contribution >= 4 is 35.1 Å². The third-order valence-electron chi connectivity index (χ3n) is 6.83. The van der Waals surface area contributed by atoms with Crippen LogP contribution in [0.25, 0.3) is 0 Å². The van der Waals surface area contributed by atoms with Gasteiger partial charge in [-0.25, -0.2) is 9.69 Å². The van der Waals surface area contributed by atoms with Crippen LogP contribution in [-0.4, -0.2) is 44.5 Å². The minimum absolute atomic E-state index is 0.0984. The predicted octanol–water partition coefficient (Wildman–Crippen LogP) is 2.81. The lowest BCUT2D eigenvalue weighted by Gasteiger charge is -2.18. The Kier molecular flexibility index (Phi) is 5.76. The monoisotopic (exact) mass is 476 g/mol. The van der Waals surface area contributed by atoms with Crippen molar-refractivity contribution < 1.29 is 33.4 Å². The van der Waals surface area contributed by atoms with Crippen LogP contribution in [0.5, 0.6) is 11.5 Å². The van der Waals surface area contributed by atoms with Crippen molar-refractivity contribution in [2.45, 2.75) is 6.42 Å². The standard InChI is InChI=1S/C26H24N2O7/c1-33-18-8-9-20(34-2)19(12-18)27-21(29)13-35-26(32)16-4-3-5-17(11-16)28-24(30)22-14-6-7-15(10-14)23(22)25(28)31/h3-9,11-12,14-15,22-23H,10,13H2,1-2H3,(H,27,29)/t14-,15-,22-,23+/m0/s1. The minimum Gasteiger partial charge on any atom is -0.497 e. The third-order valence-corrected chi connectivity index (χ3v) is 6.83. The quantitative estimate of drug-likeness (QED) is 0.372. The number of nitrogens with one attached hydrogen (secondary N) is 1. The largest absolute Gasteiger partial charge is 0.497 e. The molecule has 9 heteroatoms. The number of carbonyl (C=O) groups is 4. The van der Waals surface area contributed by atoms with Gasteiger partial charge >= 0.3 is 5.97 Å². The van der Waals surface area contributed by atoms with Gasteiger partial charge in [0, 0.05) is 6.07 Å². The Bertz CT molecular complexity index is 1220. The van der Waals surface area contributed by atoms with E-state index in [-0.39, 0.29) is 41.0 Å². The maximum atomic E-state index is 13.0. The van der Waals surface area contributed by atoms with E-state index in [0.29, 0.717) is 22.9 Å². The number of hydrogen-bond acceptors (Lipinski definition) is 7. The van der Waals surface area contributed by atoms with Gasteiger partial charge < -0.3 is 19.5 Å². The Labute approximate surface area is 201 Å². The molecule has 5 rings (SSSR count).